The Morgan fingerprint density at radius 2 is 1.77 bits per heavy atom. The zero-order valence-corrected chi connectivity index (χ0v) is 14.5. The Hall–Kier alpha value is -2.98. The number of hydrogen-bond donors (Lipinski definition) is 2. The SMILES string of the molecule is C1=NC(Nc2ccncc2)c2cccc([NH+]3CCc4ccccc4C3)c21. The Morgan fingerprint density at radius 1 is 0.923 bits per heavy atom. The maximum atomic E-state index is 4.73. The number of aromatic nitrogens is 1. The number of rotatable bonds is 3. The van der Waals surface area contributed by atoms with Crippen molar-refractivity contribution in [3.63, 3.8) is 0 Å². The summed E-state index contributed by atoms with van der Waals surface area (Å²) in [4.78, 5) is 10.3. The van der Waals surface area contributed by atoms with E-state index in [9.17, 15) is 0 Å². The molecule has 3 heterocycles. The monoisotopic (exact) mass is 341 g/mol. The minimum Gasteiger partial charge on any atom is -0.360 e. The summed E-state index contributed by atoms with van der Waals surface area (Å²) in [5, 5.41) is 3.50. The van der Waals surface area contributed by atoms with E-state index < -0.39 is 0 Å². The lowest BCUT2D eigenvalue weighted by molar-refractivity contribution is -0.849. The molecule has 0 aliphatic carbocycles. The van der Waals surface area contributed by atoms with Crippen molar-refractivity contribution in [1.82, 2.24) is 4.98 Å². The minimum absolute atomic E-state index is 0.0242. The number of hydrogen-bond acceptors (Lipinski definition) is 3. The summed E-state index contributed by atoms with van der Waals surface area (Å²) in [5.41, 5.74) is 7.89. The maximum absolute atomic E-state index is 4.73. The topological polar surface area (TPSA) is 41.7 Å². The fourth-order valence-corrected chi connectivity index (χ4v) is 4.03. The molecule has 0 spiro atoms. The molecule has 0 saturated heterocycles. The number of quaternary nitrogens is 1. The van der Waals surface area contributed by atoms with Gasteiger partial charge in [0.2, 0.25) is 0 Å². The zero-order chi connectivity index (χ0) is 17.3. The first kappa shape index (κ1) is 15.3. The molecule has 0 amide bonds. The van der Waals surface area contributed by atoms with Crippen molar-refractivity contribution in [2.75, 3.05) is 11.9 Å². The van der Waals surface area contributed by atoms with Crippen molar-refractivity contribution >= 4 is 17.6 Å². The van der Waals surface area contributed by atoms with E-state index in [4.69, 9.17) is 4.99 Å². The third-order valence-electron chi connectivity index (χ3n) is 5.37. The van der Waals surface area contributed by atoms with Crippen LogP contribution in [-0.2, 0) is 13.0 Å². The van der Waals surface area contributed by atoms with Crippen molar-refractivity contribution in [3.05, 3.63) is 89.2 Å². The van der Waals surface area contributed by atoms with E-state index >= 15 is 0 Å². The van der Waals surface area contributed by atoms with E-state index in [2.05, 4.69) is 52.8 Å². The second kappa shape index (κ2) is 6.39. The Kier molecular flexibility index (Phi) is 3.76. The van der Waals surface area contributed by atoms with Crippen LogP contribution in [0.25, 0.3) is 0 Å². The zero-order valence-electron chi connectivity index (χ0n) is 14.5. The van der Waals surface area contributed by atoms with Gasteiger partial charge in [-0.05, 0) is 23.8 Å². The lowest BCUT2D eigenvalue weighted by Gasteiger charge is -2.26. The van der Waals surface area contributed by atoms with Gasteiger partial charge in [-0.25, -0.2) is 0 Å². The molecule has 2 N–H and O–H groups in total. The smallest absolute Gasteiger partial charge is 0.145 e. The molecule has 2 aliphatic rings. The predicted molar refractivity (Wildman–Crippen MR) is 104 cm³/mol. The van der Waals surface area contributed by atoms with Crippen LogP contribution < -0.4 is 10.2 Å². The Bertz CT molecular complexity index is 965. The predicted octanol–water partition coefficient (Wildman–Crippen LogP) is 2.90. The third kappa shape index (κ3) is 2.68. The van der Waals surface area contributed by atoms with E-state index in [0.717, 1.165) is 25.2 Å². The van der Waals surface area contributed by atoms with E-state index in [0.29, 0.717) is 0 Å². The molecule has 4 heteroatoms. The average molecular weight is 341 g/mol. The number of pyridine rings is 1. The molecule has 0 fully saturated rings. The van der Waals surface area contributed by atoms with Crippen LogP contribution in [0.3, 0.4) is 0 Å². The molecular formula is C22H21N4+. The molecule has 2 aromatic carbocycles. The van der Waals surface area contributed by atoms with Crippen LogP contribution in [0.2, 0.25) is 0 Å². The van der Waals surface area contributed by atoms with Gasteiger partial charge in [-0.15, -0.1) is 0 Å². The Morgan fingerprint density at radius 3 is 2.65 bits per heavy atom. The van der Waals surface area contributed by atoms with Gasteiger partial charge in [-0.2, -0.15) is 0 Å². The summed E-state index contributed by atoms with van der Waals surface area (Å²) in [6.07, 6.45) is 6.74. The molecular weight excluding hydrogens is 320 g/mol. The molecule has 26 heavy (non-hydrogen) atoms. The van der Waals surface area contributed by atoms with Crippen LogP contribution in [0.4, 0.5) is 11.4 Å². The summed E-state index contributed by atoms with van der Waals surface area (Å²) in [5.74, 6) is 0. The second-order valence-electron chi connectivity index (χ2n) is 6.92. The summed E-state index contributed by atoms with van der Waals surface area (Å²) >= 11 is 0. The van der Waals surface area contributed by atoms with Gasteiger partial charge in [0.1, 0.15) is 18.4 Å². The average Bonchev–Trinajstić information content (AvgIpc) is 3.11. The third-order valence-corrected chi connectivity index (χ3v) is 5.37. The Labute approximate surface area is 153 Å². The van der Waals surface area contributed by atoms with Gasteiger partial charge in [0.05, 0.1) is 12.1 Å². The van der Waals surface area contributed by atoms with Crippen LogP contribution in [-0.4, -0.2) is 17.7 Å². The quantitative estimate of drug-likeness (QED) is 0.769. The van der Waals surface area contributed by atoms with Crippen molar-refractivity contribution < 1.29 is 4.90 Å². The first-order valence-electron chi connectivity index (χ1n) is 9.13. The van der Waals surface area contributed by atoms with E-state index in [-0.39, 0.29) is 6.17 Å². The van der Waals surface area contributed by atoms with Gasteiger partial charge in [-0.1, -0.05) is 36.4 Å². The van der Waals surface area contributed by atoms with Gasteiger partial charge in [-0.3, -0.25) is 14.9 Å². The molecule has 2 aliphatic heterocycles. The highest BCUT2D eigenvalue weighted by Gasteiger charge is 2.28. The highest BCUT2D eigenvalue weighted by molar-refractivity contribution is 5.90. The van der Waals surface area contributed by atoms with Gasteiger partial charge in [0.25, 0.3) is 0 Å². The lowest BCUT2D eigenvalue weighted by Crippen LogP contribution is -3.07. The molecule has 5 rings (SSSR count). The van der Waals surface area contributed by atoms with Gasteiger partial charge in [0, 0.05) is 41.8 Å². The van der Waals surface area contributed by atoms with Crippen LogP contribution >= 0.6 is 0 Å². The highest BCUT2D eigenvalue weighted by Crippen LogP contribution is 2.31. The number of benzene rings is 2. The second-order valence-corrected chi connectivity index (χ2v) is 6.92. The summed E-state index contributed by atoms with van der Waals surface area (Å²) in [7, 11) is 0. The standard InChI is InChI=1S/C22H20N4/c1-2-5-17-15-26(13-10-16(17)4-1)21-7-3-6-19-20(21)14-24-22(19)25-18-8-11-23-12-9-18/h1-9,11-12,14,22H,10,13,15H2,(H,23,25)/p+1. The van der Waals surface area contributed by atoms with Crippen molar-refractivity contribution in [2.45, 2.75) is 19.1 Å². The molecule has 0 saturated carbocycles. The molecule has 1 aromatic heterocycles. The van der Waals surface area contributed by atoms with Crippen molar-refractivity contribution in [1.29, 1.82) is 0 Å². The molecule has 4 nitrogen and oxygen atoms in total. The van der Waals surface area contributed by atoms with Crippen LogP contribution in [0.1, 0.15) is 28.4 Å². The summed E-state index contributed by atoms with van der Waals surface area (Å²) in [6.45, 7) is 2.17. The number of fused-ring (bicyclic) bond motifs is 2. The largest absolute Gasteiger partial charge is 0.360 e. The fourth-order valence-electron chi connectivity index (χ4n) is 4.03. The van der Waals surface area contributed by atoms with Crippen LogP contribution in [0, 0.1) is 0 Å². The minimum atomic E-state index is -0.0242. The first-order chi connectivity index (χ1) is 12.9. The molecule has 128 valence electrons. The van der Waals surface area contributed by atoms with Crippen LogP contribution in [0.5, 0.6) is 0 Å². The maximum Gasteiger partial charge on any atom is 0.145 e. The van der Waals surface area contributed by atoms with Gasteiger partial charge in [0.15, 0.2) is 0 Å². The number of nitrogens with one attached hydrogen (secondary N) is 2. The lowest BCUT2D eigenvalue weighted by atomic mass is 9.98. The fraction of sp³-hybridized carbons (Fsp3) is 0.182. The van der Waals surface area contributed by atoms with E-state index in [1.807, 2.05) is 18.3 Å². The number of anilines is 1. The van der Waals surface area contributed by atoms with Crippen molar-refractivity contribution in [2.24, 2.45) is 4.99 Å². The molecule has 0 radical (unpaired) electrons. The summed E-state index contributed by atoms with van der Waals surface area (Å²) in [6, 6.07) is 19.4. The van der Waals surface area contributed by atoms with E-state index in [1.54, 1.807) is 12.4 Å². The molecule has 2 atom stereocenters. The molecule has 2 unspecified atom stereocenters. The molecule has 3 aromatic rings. The normalized spacial score (nSPS) is 20.5. The summed E-state index contributed by atoms with van der Waals surface area (Å²) < 4.78 is 0. The van der Waals surface area contributed by atoms with E-state index in [1.165, 1.54) is 32.8 Å². The number of nitrogens with zero attached hydrogens (tertiary/aromatic N) is 2. The molecule has 0 bridgehead atoms. The van der Waals surface area contributed by atoms with Gasteiger partial charge >= 0.3 is 0 Å². The first-order valence-corrected chi connectivity index (χ1v) is 9.13. The van der Waals surface area contributed by atoms with Crippen molar-refractivity contribution in [3.8, 4) is 0 Å². The Balaban J connectivity index is 1.44. The van der Waals surface area contributed by atoms with Crippen LogP contribution in [0.15, 0.2) is 72.0 Å². The number of aliphatic imine (C=N–C) groups is 1. The highest BCUT2D eigenvalue weighted by atomic mass is 15.1. The van der Waals surface area contributed by atoms with Gasteiger partial charge < -0.3 is 5.32 Å².